The van der Waals surface area contributed by atoms with Gasteiger partial charge in [0.2, 0.25) is 0 Å². The molecular weight excluding hydrogens is 448 g/mol. The van der Waals surface area contributed by atoms with E-state index in [9.17, 15) is 4.79 Å². The molecule has 0 spiro atoms. The van der Waals surface area contributed by atoms with E-state index in [1.54, 1.807) is 0 Å². The first-order chi connectivity index (χ1) is 17.3. The number of carbonyl (C=O) groups excluding carboxylic acids is 1. The number of rotatable bonds is 7. The summed E-state index contributed by atoms with van der Waals surface area (Å²) in [4.78, 5) is 15.3. The number of benzene rings is 1. The Morgan fingerprint density at radius 1 is 1.06 bits per heavy atom. The lowest BCUT2D eigenvalue weighted by atomic mass is 9.86. The first-order valence-corrected chi connectivity index (χ1v) is 13.7. The third-order valence-electron chi connectivity index (χ3n) is 8.15. The van der Waals surface area contributed by atoms with Gasteiger partial charge in [-0.25, -0.2) is 0 Å². The summed E-state index contributed by atoms with van der Waals surface area (Å²) < 4.78 is 5.71. The molecule has 1 saturated carbocycles. The van der Waals surface area contributed by atoms with Gasteiger partial charge in [-0.15, -0.1) is 5.10 Å². The molecule has 2 aliphatic rings. The summed E-state index contributed by atoms with van der Waals surface area (Å²) in [5.41, 5.74) is 5.38. The number of hydrogen-bond donors (Lipinski definition) is 1. The number of aryl methyl sites for hydroxylation is 2. The Morgan fingerprint density at radius 3 is 2.42 bits per heavy atom. The summed E-state index contributed by atoms with van der Waals surface area (Å²) in [6, 6.07) is 9.77. The Kier molecular flexibility index (Phi) is 8.78. The van der Waals surface area contributed by atoms with E-state index in [4.69, 9.17) is 4.74 Å². The fourth-order valence-corrected chi connectivity index (χ4v) is 5.66. The van der Waals surface area contributed by atoms with Crippen LogP contribution in [-0.2, 0) is 23.0 Å². The molecule has 1 saturated heterocycles. The summed E-state index contributed by atoms with van der Waals surface area (Å²) in [6.07, 6.45) is 10.7. The van der Waals surface area contributed by atoms with Gasteiger partial charge in [0, 0.05) is 32.3 Å². The van der Waals surface area contributed by atoms with Gasteiger partial charge in [0.25, 0.3) is 5.91 Å². The molecule has 1 aromatic heterocycles. The summed E-state index contributed by atoms with van der Waals surface area (Å²) in [5.74, 6) is 0.0160. The van der Waals surface area contributed by atoms with Crippen molar-refractivity contribution >= 4 is 5.91 Å². The van der Waals surface area contributed by atoms with E-state index in [2.05, 4.69) is 60.6 Å². The Morgan fingerprint density at radius 2 is 1.75 bits per heavy atom. The topological polar surface area (TPSA) is 67.3 Å². The number of aromatic nitrogens is 2. The molecule has 6 heteroatoms. The van der Waals surface area contributed by atoms with Gasteiger partial charge in [-0.2, -0.15) is 5.10 Å². The van der Waals surface area contributed by atoms with Crippen LogP contribution >= 0.6 is 0 Å². The van der Waals surface area contributed by atoms with Crippen molar-refractivity contribution in [2.45, 2.75) is 103 Å². The Labute approximate surface area is 217 Å². The minimum atomic E-state index is 0.0160. The second kappa shape index (κ2) is 11.8. The molecule has 1 aliphatic heterocycles. The average Bonchev–Trinajstić information content (AvgIpc) is 2.88. The quantitative estimate of drug-likeness (QED) is 0.588. The van der Waals surface area contributed by atoms with Gasteiger partial charge in [-0.3, -0.25) is 4.79 Å². The zero-order chi connectivity index (χ0) is 25.7. The predicted octanol–water partition coefficient (Wildman–Crippen LogP) is 5.02. The van der Waals surface area contributed by atoms with Gasteiger partial charge in [-0.05, 0) is 73.1 Å². The zero-order valence-corrected chi connectivity index (χ0v) is 22.8. The smallest absolute Gasteiger partial charge is 0.274 e. The summed E-state index contributed by atoms with van der Waals surface area (Å²) in [5, 5.41) is 12.3. The molecule has 2 atom stereocenters. The van der Waals surface area contributed by atoms with Crippen molar-refractivity contribution in [2.75, 3.05) is 20.2 Å². The zero-order valence-electron chi connectivity index (χ0n) is 22.8. The maximum absolute atomic E-state index is 13.4. The van der Waals surface area contributed by atoms with E-state index in [0.29, 0.717) is 23.9 Å². The highest BCUT2D eigenvalue weighted by Crippen LogP contribution is 2.25. The maximum Gasteiger partial charge on any atom is 0.274 e. The van der Waals surface area contributed by atoms with Gasteiger partial charge >= 0.3 is 0 Å². The SMILES string of the molecule is COC1CCCCC1NC1CCN(C(=O)c2nncc(CCc3ccc(C(C)(C)C)cc3)c2C)CC1. The van der Waals surface area contributed by atoms with Crippen molar-refractivity contribution in [3.8, 4) is 0 Å². The number of carbonyl (C=O) groups is 1. The van der Waals surface area contributed by atoms with Crippen molar-refractivity contribution in [1.82, 2.24) is 20.4 Å². The molecule has 0 bridgehead atoms. The molecule has 4 rings (SSSR count). The lowest BCUT2D eigenvalue weighted by molar-refractivity contribution is 0.0329. The van der Waals surface area contributed by atoms with Crippen LogP contribution in [0.5, 0.6) is 0 Å². The van der Waals surface area contributed by atoms with Crippen molar-refractivity contribution in [3.63, 3.8) is 0 Å². The third-order valence-corrected chi connectivity index (χ3v) is 8.15. The predicted molar refractivity (Wildman–Crippen MR) is 144 cm³/mol. The Hall–Kier alpha value is -2.31. The fourth-order valence-electron chi connectivity index (χ4n) is 5.66. The van der Waals surface area contributed by atoms with Crippen LogP contribution in [0.4, 0.5) is 0 Å². The second-order valence-corrected chi connectivity index (χ2v) is 11.7. The normalized spacial score (nSPS) is 21.5. The van der Waals surface area contributed by atoms with Gasteiger partial charge < -0.3 is 15.0 Å². The molecule has 1 N–H and O–H groups in total. The number of piperidine rings is 1. The summed E-state index contributed by atoms with van der Waals surface area (Å²) in [6.45, 7) is 10.2. The van der Waals surface area contributed by atoms with Gasteiger partial charge in [-0.1, -0.05) is 57.9 Å². The fraction of sp³-hybridized carbons (Fsp3) is 0.633. The standard InChI is InChI=1S/C30H44N4O2/c1-21-23(13-10-22-11-14-24(15-12-22)30(2,3)4)20-31-33-28(21)29(35)34-18-16-25(17-19-34)32-26-8-6-7-9-27(26)36-5/h11-12,14-15,20,25-27,32H,6-10,13,16-19H2,1-5H3. The number of hydrogen-bond acceptors (Lipinski definition) is 5. The van der Waals surface area contributed by atoms with Gasteiger partial charge in [0.15, 0.2) is 5.69 Å². The van der Waals surface area contributed by atoms with E-state index < -0.39 is 0 Å². The Balaban J connectivity index is 1.32. The molecule has 36 heavy (non-hydrogen) atoms. The maximum atomic E-state index is 13.4. The molecule has 196 valence electrons. The molecule has 2 heterocycles. The van der Waals surface area contributed by atoms with Crippen LogP contribution in [0.3, 0.4) is 0 Å². The lowest BCUT2D eigenvalue weighted by Gasteiger charge is -2.38. The molecule has 2 unspecified atom stereocenters. The molecule has 0 radical (unpaired) electrons. The largest absolute Gasteiger partial charge is 0.380 e. The van der Waals surface area contributed by atoms with Crippen LogP contribution in [0.15, 0.2) is 30.5 Å². The first-order valence-electron chi connectivity index (χ1n) is 13.7. The molecular formula is C30H44N4O2. The van der Waals surface area contributed by atoms with E-state index in [-0.39, 0.29) is 11.3 Å². The average molecular weight is 493 g/mol. The molecule has 1 amide bonds. The van der Waals surface area contributed by atoms with Crippen molar-refractivity contribution in [3.05, 3.63) is 58.4 Å². The number of ether oxygens (including phenoxy) is 1. The highest BCUT2D eigenvalue weighted by Gasteiger charge is 2.30. The van der Waals surface area contributed by atoms with E-state index in [0.717, 1.165) is 56.3 Å². The molecule has 2 aromatic rings. The highest BCUT2D eigenvalue weighted by molar-refractivity contribution is 5.93. The van der Waals surface area contributed by atoms with Gasteiger partial charge in [0.1, 0.15) is 0 Å². The lowest BCUT2D eigenvalue weighted by Crippen LogP contribution is -2.52. The molecule has 6 nitrogen and oxygen atoms in total. The molecule has 1 aromatic carbocycles. The van der Waals surface area contributed by atoms with Crippen LogP contribution in [-0.4, -0.2) is 59.4 Å². The molecule has 1 aliphatic carbocycles. The van der Waals surface area contributed by atoms with Crippen LogP contribution in [0, 0.1) is 6.92 Å². The number of likely N-dealkylation sites (tertiary alicyclic amines) is 1. The minimum Gasteiger partial charge on any atom is -0.380 e. The molecule has 2 fully saturated rings. The van der Waals surface area contributed by atoms with E-state index in [1.165, 1.54) is 30.4 Å². The monoisotopic (exact) mass is 492 g/mol. The first kappa shape index (κ1) is 26.7. The van der Waals surface area contributed by atoms with Crippen LogP contribution < -0.4 is 5.32 Å². The Bertz CT molecular complexity index is 1010. The number of amides is 1. The van der Waals surface area contributed by atoms with Crippen LogP contribution in [0.25, 0.3) is 0 Å². The number of methoxy groups -OCH3 is 1. The summed E-state index contributed by atoms with van der Waals surface area (Å²) in [7, 11) is 1.83. The van der Waals surface area contributed by atoms with Gasteiger partial charge in [0.05, 0.1) is 12.3 Å². The minimum absolute atomic E-state index is 0.0160. The van der Waals surface area contributed by atoms with Crippen molar-refractivity contribution in [2.24, 2.45) is 0 Å². The van der Waals surface area contributed by atoms with E-state index in [1.807, 2.05) is 25.1 Å². The second-order valence-electron chi connectivity index (χ2n) is 11.7. The van der Waals surface area contributed by atoms with Crippen molar-refractivity contribution < 1.29 is 9.53 Å². The van der Waals surface area contributed by atoms with Crippen LogP contribution in [0.1, 0.15) is 92.0 Å². The third kappa shape index (κ3) is 6.51. The number of nitrogens with one attached hydrogen (secondary N) is 1. The van der Waals surface area contributed by atoms with Crippen molar-refractivity contribution in [1.29, 1.82) is 0 Å². The number of nitrogens with zero attached hydrogens (tertiary/aromatic N) is 3. The summed E-state index contributed by atoms with van der Waals surface area (Å²) >= 11 is 0. The van der Waals surface area contributed by atoms with Crippen LogP contribution in [0.2, 0.25) is 0 Å². The van der Waals surface area contributed by atoms with E-state index >= 15 is 0 Å². The highest BCUT2D eigenvalue weighted by atomic mass is 16.5.